The molecule has 1 fully saturated rings. The quantitative estimate of drug-likeness (QED) is 0.828. The maximum atomic E-state index is 6.14. The highest BCUT2D eigenvalue weighted by atomic mass is 16.5. The lowest BCUT2D eigenvalue weighted by molar-refractivity contribution is 0.0685. The van der Waals surface area contributed by atoms with Crippen LogP contribution in [0.4, 0.5) is 11.4 Å². The monoisotopic (exact) mass is 260 g/mol. The highest BCUT2D eigenvalue weighted by Gasteiger charge is 2.17. The average Bonchev–Trinajstić information content (AvgIpc) is 2.86. The molecule has 5 nitrogen and oxygen atoms in total. The molecule has 19 heavy (non-hydrogen) atoms. The second-order valence-electron chi connectivity index (χ2n) is 5.30. The average molecular weight is 260 g/mol. The fourth-order valence-electron chi connectivity index (χ4n) is 2.74. The van der Waals surface area contributed by atoms with Crippen molar-refractivity contribution in [1.29, 1.82) is 0 Å². The second-order valence-corrected chi connectivity index (χ2v) is 5.30. The predicted octanol–water partition coefficient (Wildman–Crippen LogP) is 2.01. The number of anilines is 2. The maximum absolute atomic E-state index is 6.14. The third-order valence-electron chi connectivity index (χ3n) is 3.87. The van der Waals surface area contributed by atoms with E-state index in [1.807, 2.05) is 6.07 Å². The number of rotatable bonds is 3. The third-order valence-corrected chi connectivity index (χ3v) is 3.87. The summed E-state index contributed by atoms with van der Waals surface area (Å²) in [7, 11) is 2.10. The standard InChI is InChI=1S/C14H20N4O/c1-18(9-10-2-4-19-5-3-10)14-7-13-11(6-12(14)15)8-16-17-13/h6-8,10H,2-5,9,15H2,1H3,(H,16,17). The minimum atomic E-state index is 0.690. The number of aromatic amines is 1. The van der Waals surface area contributed by atoms with E-state index in [1.165, 1.54) is 0 Å². The Kier molecular flexibility index (Phi) is 3.29. The van der Waals surface area contributed by atoms with E-state index in [9.17, 15) is 0 Å². The lowest BCUT2D eigenvalue weighted by atomic mass is 9.99. The van der Waals surface area contributed by atoms with Gasteiger partial charge in [-0.3, -0.25) is 5.10 Å². The number of H-pyrrole nitrogens is 1. The molecule has 0 unspecified atom stereocenters. The normalized spacial score (nSPS) is 16.9. The number of nitrogens with zero attached hydrogens (tertiary/aromatic N) is 2. The van der Waals surface area contributed by atoms with Crippen molar-refractivity contribution in [1.82, 2.24) is 10.2 Å². The first kappa shape index (κ1) is 12.3. The number of ether oxygens (including phenoxy) is 1. The van der Waals surface area contributed by atoms with E-state index in [4.69, 9.17) is 10.5 Å². The van der Waals surface area contributed by atoms with Gasteiger partial charge in [0.25, 0.3) is 0 Å². The van der Waals surface area contributed by atoms with Gasteiger partial charge in [-0.1, -0.05) is 0 Å². The van der Waals surface area contributed by atoms with Gasteiger partial charge < -0.3 is 15.4 Å². The van der Waals surface area contributed by atoms with Crippen molar-refractivity contribution in [2.24, 2.45) is 5.92 Å². The van der Waals surface area contributed by atoms with Crippen molar-refractivity contribution >= 4 is 22.3 Å². The van der Waals surface area contributed by atoms with Crippen LogP contribution in [0.2, 0.25) is 0 Å². The van der Waals surface area contributed by atoms with Crippen LogP contribution < -0.4 is 10.6 Å². The zero-order chi connectivity index (χ0) is 13.2. The van der Waals surface area contributed by atoms with Gasteiger partial charge in [0, 0.05) is 32.2 Å². The van der Waals surface area contributed by atoms with Gasteiger partial charge in [-0.2, -0.15) is 5.10 Å². The molecule has 0 bridgehead atoms. The van der Waals surface area contributed by atoms with Gasteiger partial charge in [0.2, 0.25) is 0 Å². The van der Waals surface area contributed by atoms with Crippen molar-refractivity contribution in [2.45, 2.75) is 12.8 Å². The zero-order valence-electron chi connectivity index (χ0n) is 11.2. The number of benzene rings is 1. The molecule has 0 saturated carbocycles. The van der Waals surface area contributed by atoms with Crippen LogP contribution in [0, 0.1) is 5.92 Å². The first-order valence-electron chi connectivity index (χ1n) is 6.75. The zero-order valence-corrected chi connectivity index (χ0v) is 11.2. The van der Waals surface area contributed by atoms with Gasteiger partial charge in [0.05, 0.1) is 23.1 Å². The molecule has 0 radical (unpaired) electrons. The molecular formula is C14H20N4O. The van der Waals surface area contributed by atoms with Crippen LogP contribution in [0.5, 0.6) is 0 Å². The highest BCUT2D eigenvalue weighted by Crippen LogP contribution is 2.29. The lowest BCUT2D eigenvalue weighted by Crippen LogP contribution is -2.29. The Labute approximate surface area is 112 Å². The molecule has 1 aromatic carbocycles. The van der Waals surface area contributed by atoms with Crippen LogP contribution in [0.25, 0.3) is 10.9 Å². The molecule has 0 aliphatic carbocycles. The van der Waals surface area contributed by atoms with Crippen LogP contribution in [-0.2, 0) is 4.74 Å². The predicted molar refractivity (Wildman–Crippen MR) is 77.3 cm³/mol. The molecule has 1 saturated heterocycles. The third kappa shape index (κ3) is 2.51. The smallest absolute Gasteiger partial charge is 0.0672 e. The molecule has 1 aliphatic rings. The van der Waals surface area contributed by atoms with E-state index in [0.717, 1.165) is 54.9 Å². The van der Waals surface area contributed by atoms with Crippen LogP contribution in [0.1, 0.15) is 12.8 Å². The van der Waals surface area contributed by atoms with E-state index in [1.54, 1.807) is 6.20 Å². The van der Waals surface area contributed by atoms with Crippen LogP contribution in [-0.4, -0.2) is 37.0 Å². The SMILES string of the molecule is CN(CC1CCOCC1)c1cc2[nH]ncc2cc1N. The molecule has 102 valence electrons. The molecule has 5 heteroatoms. The minimum absolute atomic E-state index is 0.690. The second kappa shape index (κ2) is 5.09. The first-order chi connectivity index (χ1) is 9.24. The Morgan fingerprint density at radius 1 is 1.42 bits per heavy atom. The van der Waals surface area contributed by atoms with Crippen molar-refractivity contribution in [3.05, 3.63) is 18.3 Å². The van der Waals surface area contributed by atoms with Crippen LogP contribution in [0.3, 0.4) is 0 Å². The van der Waals surface area contributed by atoms with E-state index in [0.29, 0.717) is 5.92 Å². The summed E-state index contributed by atoms with van der Waals surface area (Å²) in [6, 6.07) is 4.06. The van der Waals surface area contributed by atoms with Crippen LogP contribution in [0.15, 0.2) is 18.3 Å². The molecule has 3 N–H and O–H groups in total. The first-order valence-corrected chi connectivity index (χ1v) is 6.75. The van der Waals surface area contributed by atoms with Gasteiger partial charge in [-0.15, -0.1) is 0 Å². The minimum Gasteiger partial charge on any atom is -0.397 e. The topological polar surface area (TPSA) is 67.2 Å². The molecule has 0 amide bonds. The van der Waals surface area contributed by atoms with Crippen molar-refractivity contribution in [3.8, 4) is 0 Å². The fourth-order valence-corrected chi connectivity index (χ4v) is 2.74. The Hall–Kier alpha value is -1.75. The number of nitrogens with one attached hydrogen (secondary N) is 1. The number of hydrogen-bond donors (Lipinski definition) is 2. The number of nitrogens with two attached hydrogens (primary N) is 1. The lowest BCUT2D eigenvalue weighted by Gasteiger charge is -2.29. The van der Waals surface area contributed by atoms with E-state index < -0.39 is 0 Å². The summed E-state index contributed by atoms with van der Waals surface area (Å²) in [6.45, 7) is 2.79. The molecule has 1 aromatic heterocycles. The fraction of sp³-hybridized carbons (Fsp3) is 0.500. The molecule has 1 aliphatic heterocycles. The van der Waals surface area contributed by atoms with Crippen molar-refractivity contribution < 1.29 is 4.74 Å². The number of aromatic nitrogens is 2. The van der Waals surface area contributed by atoms with Gasteiger partial charge in [-0.05, 0) is 30.9 Å². The van der Waals surface area contributed by atoms with Crippen molar-refractivity contribution in [2.75, 3.05) is 37.4 Å². The Balaban J connectivity index is 1.79. The Morgan fingerprint density at radius 3 is 3.00 bits per heavy atom. The number of hydrogen-bond acceptors (Lipinski definition) is 4. The largest absolute Gasteiger partial charge is 0.397 e. The Bertz CT molecular complexity index is 560. The molecule has 2 aromatic rings. The molecular weight excluding hydrogens is 240 g/mol. The van der Waals surface area contributed by atoms with Crippen molar-refractivity contribution in [3.63, 3.8) is 0 Å². The van der Waals surface area contributed by atoms with E-state index >= 15 is 0 Å². The summed E-state index contributed by atoms with van der Waals surface area (Å²) in [6.07, 6.45) is 4.07. The van der Waals surface area contributed by atoms with E-state index in [-0.39, 0.29) is 0 Å². The summed E-state index contributed by atoms with van der Waals surface area (Å²) in [5, 5.41) is 8.09. The summed E-state index contributed by atoms with van der Waals surface area (Å²) in [5.74, 6) is 0.690. The van der Waals surface area contributed by atoms with Crippen LogP contribution >= 0.6 is 0 Å². The number of nitrogen functional groups attached to an aromatic ring is 1. The summed E-state index contributed by atoms with van der Waals surface area (Å²) < 4.78 is 5.40. The summed E-state index contributed by atoms with van der Waals surface area (Å²) >= 11 is 0. The number of fused-ring (bicyclic) bond motifs is 1. The molecule has 0 spiro atoms. The highest BCUT2D eigenvalue weighted by molar-refractivity contribution is 5.88. The Morgan fingerprint density at radius 2 is 2.21 bits per heavy atom. The van der Waals surface area contributed by atoms with Gasteiger partial charge in [-0.25, -0.2) is 0 Å². The summed E-state index contributed by atoms with van der Waals surface area (Å²) in [4.78, 5) is 2.24. The molecule has 3 rings (SSSR count). The maximum Gasteiger partial charge on any atom is 0.0672 e. The van der Waals surface area contributed by atoms with E-state index in [2.05, 4.69) is 28.2 Å². The molecule has 0 atom stereocenters. The van der Waals surface area contributed by atoms with Gasteiger partial charge in [0.1, 0.15) is 0 Å². The summed E-state index contributed by atoms with van der Waals surface area (Å²) in [5.41, 5.74) is 9.06. The van der Waals surface area contributed by atoms with Gasteiger partial charge in [0.15, 0.2) is 0 Å². The van der Waals surface area contributed by atoms with Gasteiger partial charge >= 0.3 is 0 Å². The molecule has 2 heterocycles.